The van der Waals surface area contributed by atoms with E-state index in [1.54, 1.807) is 25.6 Å². The molecule has 2 N–H and O–H groups in total. The van der Waals surface area contributed by atoms with Gasteiger partial charge in [-0.05, 0) is 25.0 Å². The number of hydrogen-bond donors (Lipinski definition) is 2. The first kappa shape index (κ1) is 21.7. The van der Waals surface area contributed by atoms with Gasteiger partial charge in [0.15, 0.2) is 6.61 Å². The molecule has 0 aliphatic carbocycles. The highest BCUT2D eigenvalue weighted by atomic mass is 32.2. The van der Waals surface area contributed by atoms with E-state index in [0.29, 0.717) is 25.1 Å². The van der Waals surface area contributed by atoms with Crippen molar-refractivity contribution in [1.82, 2.24) is 15.5 Å². The van der Waals surface area contributed by atoms with Gasteiger partial charge in [-0.3, -0.25) is 19.3 Å². The molecule has 2 rings (SSSR count). The molecule has 0 unspecified atom stereocenters. The number of ether oxygens (including phenoxy) is 1. The van der Waals surface area contributed by atoms with Crippen molar-refractivity contribution in [2.75, 3.05) is 25.4 Å². The minimum atomic E-state index is -0.967. The Kier molecular flexibility index (Phi) is 7.86. The Bertz CT molecular complexity index is 722. The summed E-state index contributed by atoms with van der Waals surface area (Å²) >= 11 is 1.60. The molecule has 0 saturated carbocycles. The number of urea groups is 1. The number of amides is 4. The molecule has 1 aliphatic rings. The van der Waals surface area contributed by atoms with Gasteiger partial charge < -0.3 is 15.4 Å². The predicted octanol–water partition coefficient (Wildman–Crippen LogP) is 1.55. The third-order valence-corrected chi connectivity index (χ3v) is 5.55. The fraction of sp³-hybridized carbons (Fsp3) is 0.474. The molecule has 0 spiro atoms. The number of esters is 1. The van der Waals surface area contributed by atoms with E-state index >= 15 is 0 Å². The second-order valence-electron chi connectivity index (χ2n) is 6.28. The lowest BCUT2D eigenvalue weighted by Gasteiger charge is -2.22. The van der Waals surface area contributed by atoms with Crippen molar-refractivity contribution in [3.8, 4) is 0 Å². The van der Waals surface area contributed by atoms with Gasteiger partial charge in [-0.25, -0.2) is 4.79 Å². The summed E-state index contributed by atoms with van der Waals surface area (Å²) in [5.74, 6) is -1.000. The van der Waals surface area contributed by atoms with Crippen LogP contribution in [0.25, 0.3) is 0 Å². The van der Waals surface area contributed by atoms with Crippen molar-refractivity contribution in [2.24, 2.45) is 0 Å². The second kappa shape index (κ2) is 10.1. The molecule has 1 heterocycles. The monoisotopic (exact) mass is 407 g/mol. The largest absolute Gasteiger partial charge is 0.454 e. The van der Waals surface area contributed by atoms with Crippen LogP contribution >= 0.6 is 11.8 Å². The van der Waals surface area contributed by atoms with Gasteiger partial charge in [-0.1, -0.05) is 32.0 Å². The minimum absolute atomic E-state index is 0.429. The lowest BCUT2D eigenvalue weighted by molar-refractivity contribution is -0.151. The molecule has 4 amide bonds. The van der Waals surface area contributed by atoms with Crippen LogP contribution in [0.15, 0.2) is 35.2 Å². The standard InChI is InChI=1S/C19H25N3O5S/c1-3-19(4-2)17(25)22(18(26)21-19)12-16(24)27-13-15(23)20-10-11-28-14-8-6-5-7-9-14/h5-9H,3-4,10-13H2,1-2H3,(H,20,23)(H,21,26). The molecule has 8 nitrogen and oxygen atoms in total. The molecule has 0 radical (unpaired) electrons. The summed E-state index contributed by atoms with van der Waals surface area (Å²) in [5, 5.41) is 5.29. The van der Waals surface area contributed by atoms with E-state index in [1.807, 2.05) is 30.3 Å². The van der Waals surface area contributed by atoms with Crippen molar-refractivity contribution >= 4 is 35.6 Å². The van der Waals surface area contributed by atoms with Crippen molar-refractivity contribution in [3.05, 3.63) is 30.3 Å². The van der Waals surface area contributed by atoms with Gasteiger partial charge in [-0.15, -0.1) is 11.8 Å². The summed E-state index contributed by atoms with van der Waals surface area (Å²) in [6, 6.07) is 9.16. The van der Waals surface area contributed by atoms with Gasteiger partial charge in [-0.2, -0.15) is 0 Å². The summed E-state index contributed by atoms with van der Waals surface area (Å²) in [5.41, 5.74) is -0.967. The number of thioether (sulfide) groups is 1. The maximum Gasteiger partial charge on any atom is 0.326 e. The molecule has 0 bridgehead atoms. The highest BCUT2D eigenvalue weighted by Gasteiger charge is 2.49. The molecular formula is C19H25N3O5S. The summed E-state index contributed by atoms with van der Waals surface area (Å²) in [6.07, 6.45) is 0.867. The number of imide groups is 1. The van der Waals surface area contributed by atoms with E-state index in [1.165, 1.54) is 0 Å². The first-order valence-electron chi connectivity index (χ1n) is 9.16. The van der Waals surface area contributed by atoms with Crippen molar-refractivity contribution in [2.45, 2.75) is 37.1 Å². The highest BCUT2D eigenvalue weighted by Crippen LogP contribution is 2.24. The maximum atomic E-state index is 12.4. The van der Waals surface area contributed by atoms with Crippen LogP contribution in [0.4, 0.5) is 4.79 Å². The number of carbonyl (C=O) groups is 4. The second-order valence-corrected chi connectivity index (χ2v) is 7.45. The quantitative estimate of drug-likeness (QED) is 0.264. The Morgan fingerprint density at radius 1 is 1.18 bits per heavy atom. The number of rotatable bonds is 10. The van der Waals surface area contributed by atoms with Crippen LogP contribution < -0.4 is 10.6 Å². The first-order chi connectivity index (χ1) is 13.4. The normalized spacial score (nSPS) is 15.3. The molecule has 1 aliphatic heterocycles. The van der Waals surface area contributed by atoms with Gasteiger partial charge in [0, 0.05) is 17.2 Å². The van der Waals surface area contributed by atoms with E-state index in [0.717, 1.165) is 9.80 Å². The van der Waals surface area contributed by atoms with Gasteiger partial charge in [0.2, 0.25) is 0 Å². The molecular weight excluding hydrogens is 382 g/mol. The number of benzene rings is 1. The average molecular weight is 407 g/mol. The summed E-state index contributed by atoms with van der Waals surface area (Å²) in [6.45, 7) is 3.06. The molecule has 152 valence electrons. The van der Waals surface area contributed by atoms with Crippen LogP contribution in [-0.4, -0.2) is 59.7 Å². The van der Waals surface area contributed by atoms with Crippen LogP contribution in [-0.2, 0) is 19.1 Å². The van der Waals surface area contributed by atoms with E-state index < -0.39 is 42.5 Å². The van der Waals surface area contributed by atoms with Gasteiger partial charge in [0.05, 0.1) is 0 Å². The van der Waals surface area contributed by atoms with Crippen LogP contribution in [0.1, 0.15) is 26.7 Å². The van der Waals surface area contributed by atoms with Crippen LogP contribution in [0.5, 0.6) is 0 Å². The van der Waals surface area contributed by atoms with Gasteiger partial charge in [0.25, 0.3) is 11.8 Å². The van der Waals surface area contributed by atoms with Crippen LogP contribution in [0.2, 0.25) is 0 Å². The predicted molar refractivity (Wildman–Crippen MR) is 105 cm³/mol. The van der Waals surface area contributed by atoms with Gasteiger partial charge >= 0.3 is 12.0 Å². The Labute approximate surface area is 168 Å². The maximum absolute atomic E-state index is 12.4. The molecule has 1 aromatic rings. The molecule has 9 heteroatoms. The smallest absolute Gasteiger partial charge is 0.326 e. The average Bonchev–Trinajstić information content (AvgIpc) is 2.95. The fourth-order valence-corrected chi connectivity index (χ4v) is 3.59. The molecule has 0 aromatic heterocycles. The Morgan fingerprint density at radius 2 is 1.86 bits per heavy atom. The number of nitrogens with zero attached hydrogens (tertiary/aromatic N) is 1. The lowest BCUT2D eigenvalue weighted by atomic mass is 9.93. The Hall–Kier alpha value is -2.55. The van der Waals surface area contributed by atoms with E-state index in [4.69, 9.17) is 4.74 Å². The Balaban J connectivity index is 1.68. The third-order valence-electron chi connectivity index (χ3n) is 4.54. The highest BCUT2D eigenvalue weighted by molar-refractivity contribution is 7.99. The SMILES string of the molecule is CCC1(CC)NC(=O)N(CC(=O)OCC(=O)NCCSc2ccccc2)C1=O. The van der Waals surface area contributed by atoms with E-state index in [-0.39, 0.29) is 0 Å². The van der Waals surface area contributed by atoms with Gasteiger partial charge in [0.1, 0.15) is 12.1 Å². The summed E-state index contributed by atoms with van der Waals surface area (Å²) in [7, 11) is 0. The zero-order valence-electron chi connectivity index (χ0n) is 16.0. The van der Waals surface area contributed by atoms with E-state index in [2.05, 4.69) is 10.6 Å². The zero-order chi connectivity index (χ0) is 20.6. The molecule has 0 atom stereocenters. The summed E-state index contributed by atoms with van der Waals surface area (Å²) in [4.78, 5) is 50.0. The van der Waals surface area contributed by atoms with Crippen molar-refractivity contribution in [1.29, 1.82) is 0 Å². The van der Waals surface area contributed by atoms with Crippen LogP contribution in [0, 0.1) is 0 Å². The zero-order valence-corrected chi connectivity index (χ0v) is 16.8. The van der Waals surface area contributed by atoms with E-state index in [9.17, 15) is 19.2 Å². The summed E-state index contributed by atoms with van der Waals surface area (Å²) < 4.78 is 4.88. The van der Waals surface area contributed by atoms with Crippen LogP contribution in [0.3, 0.4) is 0 Å². The first-order valence-corrected chi connectivity index (χ1v) is 10.1. The van der Waals surface area contributed by atoms with Crippen molar-refractivity contribution < 1.29 is 23.9 Å². The number of hydrogen-bond acceptors (Lipinski definition) is 6. The fourth-order valence-electron chi connectivity index (χ4n) is 2.80. The molecule has 1 saturated heterocycles. The lowest BCUT2D eigenvalue weighted by Crippen LogP contribution is -2.46. The molecule has 1 fully saturated rings. The van der Waals surface area contributed by atoms with Crippen molar-refractivity contribution in [3.63, 3.8) is 0 Å². The Morgan fingerprint density at radius 3 is 2.46 bits per heavy atom. The topological polar surface area (TPSA) is 105 Å². The minimum Gasteiger partial charge on any atom is -0.454 e. The molecule has 28 heavy (non-hydrogen) atoms. The number of carbonyl (C=O) groups excluding carboxylic acids is 4. The third kappa shape index (κ3) is 5.48. The molecule has 1 aromatic carbocycles. The number of nitrogens with one attached hydrogen (secondary N) is 2.